The number of nitriles is 1. The van der Waals surface area contributed by atoms with Crippen molar-refractivity contribution in [2.75, 3.05) is 0 Å². The number of aryl methyl sites for hydroxylation is 1. The Bertz CT molecular complexity index is 834. The van der Waals surface area contributed by atoms with Gasteiger partial charge < -0.3 is 4.98 Å². The Morgan fingerprint density at radius 2 is 2.00 bits per heavy atom. The van der Waals surface area contributed by atoms with E-state index in [0.717, 1.165) is 17.5 Å². The van der Waals surface area contributed by atoms with Crippen molar-refractivity contribution < 1.29 is 4.92 Å². The molecule has 1 aromatic heterocycles. The summed E-state index contributed by atoms with van der Waals surface area (Å²) in [5.74, 6) is 0.708. The second kappa shape index (κ2) is 8.25. The van der Waals surface area contributed by atoms with Crippen LogP contribution in [0.4, 0.5) is 5.69 Å². The highest BCUT2D eigenvalue weighted by Crippen LogP contribution is 2.18. The molecule has 0 atom stereocenters. The Kier molecular flexibility index (Phi) is 5.81. The molecule has 0 aliphatic carbocycles. The fourth-order valence-corrected chi connectivity index (χ4v) is 2.02. The highest BCUT2D eigenvalue weighted by Gasteiger charge is 2.05. The second-order valence-corrected chi connectivity index (χ2v) is 4.91. The van der Waals surface area contributed by atoms with Gasteiger partial charge in [-0.15, -0.1) is 0 Å². The molecule has 6 heteroatoms. The first-order chi connectivity index (χ1) is 11.6. The molecule has 0 aliphatic heterocycles. The highest BCUT2D eigenvalue weighted by atomic mass is 16.6. The third-order valence-electron chi connectivity index (χ3n) is 3.31. The van der Waals surface area contributed by atoms with E-state index in [1.54, 1.807) is 24.5 Å². The van der Waals surface area contributed by atoms with Gasteiger partial charge in [0.25, 0.3) is 5.69 Å². The van der Waals surface area contributed by atoms with Crippen molar-refractivity contribution in [2.24, 2.45) is 0 Å². The molecule has 0 saturated carbocycles. The summed E-state index contributed by atoms with van der Waals surface area (Å²) in [5, 5.41) is 18.9. The maximum atomic E-state index is 10.4. The van der Waals surface area contributed by atoms with Crippen molar-refractivity contribution in [1.82, 2.24) is 9.97 Å². The Balaban J connectivity index is 0.000000185. The number of rotatable bonds is 3. The number of benzene rings is 2. The zero-order valence-corrected chi connectivity index (χ0v) is 13.1. The van der Waals surface area contributed by atoms with E-state index in [1.807, 2.05) is 24.3 Å². The van der Waals surface area contributed by atoms with E-state index >= 15 is 0 Å². The van der Waals surface area contributed by atoms with Crippen LogP contribution in [0, 0.1) is 21.4 Å². The van der Waals surface area contributed by atoms with Gasteiger partial charge in [-0.3, -0.25) is 10.1 Å². The number of nitrogens with zero attached hydrogens (tertiary/aromatic N) is 3. The standard InChI is InChI=1S/C9H7N3O2.C9H9N/c13-12(14)8-3-1-7(2-4-8)9-10-5-6-11-9;1-2-8-4-3-5-9(6-8)7-10/h1-6H,(H,10,11);3-6H,2H2,1H3. The number of imidazole rings is 1. The largest absolute Gasteiger partial charge is 0.345 e. The number of hydrogen-bond donors (Lipinski definition) is 1. The smallest absolute Gasteiger partial charge is 0.269 e. The summed E-state index contributed by atoms with van der Waals surface area (Å²) in [6.07, 6.45) is 4.34. The summed E-state index contributed by atoms with van der Waals surface area (Å²) in [4.78, 5) is 16.9. The molecule has 3 aromatic rings. The molecule has 0 aliphatic rings. The molecule has 120 valence electrons. The lowest BCUT2D eigenvalue weighted by Gasteiger charge is -1.95. The molecule has 0 spiro atoms. The predicted octanol–water partition coefficient (Wildman–Crippen LogP) is 4.11. The summed E-state index contributed by atoms with van der Waals surface area (Å²) in [6.45, 7) is 2.08. The van der Waals surface area contributed by atoms with Crippen molar-refractivity contribution >= 4 is 5.69 Å². The van der Waals surface area contributed by atoms with E-state index < -0.39 is 4.92 Å². The molecule has 1 heterocycles. The molecule has 6 nitrogen and oxygen atoms in total. The molecule has 1 N–H and O–H groups in total. The molecule has 2 aromatic carbocycles. The lowest BCUT2D eigenvalue weighted by Crippen LogP contribution is -1.87. The number of aromatic nitrogens is 2. The van der Waals surface area contributed by atoms with Gasteiger partial charge in [0.1, 0.15) is 5.82 Å². The number of aromatic amines is 1. The SMILES string of the molecule is CCc1cccc(C#N)c1.O=[N+]([O-])c1ccc(-c2ncc[nH]2)cc1. The number of nitro groups is 1. The van der Waals surface area contributed by atoms with Gasteiger partial charge in [-0.05, 0) is 36.2 Å². The van der Waals surface area contributed by atoms with Crippen molar-refractivity contribution in [3.63, 3.8) is 0 Å². The summed E-state index contributed by atoms with van der Waals surface area (Å²) in [6, 6.07) is 16.0. The van der Waals surface area contributed by atoms with Crippen molar-refractivity contribution in [3.8, 4) is 17.5 Å². The first-order valence-electron chi connectivity index (χ1n) is 7.37. The van der Waals surface area contributed by atoms with Crippen LogP contribution in [0.2, 0.25) is 0 Å². The fourth-order valence-electron chi connectivity index (χ4n) is 2.02. The van der Waals surface area contributed by atoms with Crippen LogP contribution in [-0.2, 0) is 6.42 Å². The van der Waals surface area contributed by atoms with E-state index in [0.29, 0.717) is 5.82 Å². The molecule has 24 heavy (non-hydrogen) atoms. The van der Waals surface area contributed by atoms with Crippen LogP contribution in [0.15, 0.2) is 60.9 Å². The van der Waals surface area contributed by atoms with E-state index in [9.17, 15) is 10.1 Å². The summed E-state index contributed by atoms with van der Waals surface area (Å²) >= 11 is 0. The lowest BCUT2D eigenvalue weighted by molar-refractivity contribution is -0.384. The average Bonchev–Trinajstić information content (AvgIpc) is 3.17. The molecule has 3 rings (SSSR count). The van der Waals surface area contributed by atoms with Crippen LogP contribution in [-0.4, -0.2) is 14.9 Å². The van der Waals surface area contributed by atoms with Crippen LogP contribution in [0.1, 0.15) is 18.1 Å². The normalized spacial score (nSPS) is 9.50. The third kappa shape index (κ3) is 4.52. The molecule has 0 radical (unpaired) electrons. The molecule has 0 amide bonds. The molecular weight excluding hydrogens is 304 g/mol. The minimum absolute atomic E-state index is 0.0836. The maximum Gasteiger partial charge on any atom is 0.269 e. The van der Waals surface area contributed by atoms with Crippen LogP contribution >= 0.6 is 0 Å². The minimum Gasteiger partial charge on any atom is -0.345 e. The zero-order chi connectivity index (χ0) is 17.4. The van der Waals surface area contributed by atoms with Gasteiger partial charge in [-0.1, -0.05) is 19.1 Å². The molecule has 0 fully saturated rings. The van der Waals surface area contributed by atoms with Crippen LogP contribution in [0.25, 0.3) is 11.4 Å². The van der Waals surface area contributed by atoms with Gasteiger partial charge in [-0.25, -0.2) is 4.98 Å². The quantitative estimate of drug-likeness (QED) is 0.580. The predicted molar refractivity (Wildman–Crippen MR) is 91.2 cm³/mol. The third-order valence-corrected chi connectivity index (χ3v) is 3.31. The van der Waals surface area contributed by atoms with E-state index in [-0.39, 0.29) is 5.69 Å². The number of nitrogens with one attached hydrogen (secondary N) is 1. The Morgan fingerprint density at radius 1 is 1.25 bits per heavy atom. The topological polar surface area (TPSA) is 95.6 Å². The van der Waals surface area contributed by atoms with Gasteiger partial charge in [0, 0.05) is 30.1 Å². The van der Waals surface area contributed by atoms with E-state index in [4.69, 9.17) is 5.26 Å². The van der Waals surface area contributed by atoms with Crippen molar-refractivity contribution in [2.45, 2.75) is 13.3 Å². The van der Waals surface area contributed by atoms with E-state index in [1.165, 1.54) is 17.7 Å². The average molecular weight is 320 g/mol. The summed E-state index contributed by atoms with van der Waals surface area (Å²) in [7, 11) is 0. The lowest BCUT2D eigenvalue weighted by atomic mass is 10.1. The van der Waals surface area contributed by atoms with Crippen LogP contribution in [0.3, 0.4) is 0 Å². The summed E-state index contributed by atoms with van der Waals surface area (Å²) < 4.78 is 0. The first-order valence-corrected chi connectivity index (χ1v) is 7.37. The number of H-pyrrole nitrogens is 1. The van der Waals surface area contributed by atoms with Gasteiger partial charge >= 0.3 is 0 Å². The number of nitro benzene ring substituents is 1. The minimum atomic E-state index is -0.425. The fraction of sp³-hybridized carbons (Fsp3) is 0.111. The molecule has 0 bridgehead atoms. The number of hydrogen-bond acceptors (Lipinski definition) is 4. The van der Waals surface area contributed by atoms with Gasteiger partial charge in [-0.2, -0.15) is 5.26 Å². The van der Waals surface area contributed by atoms with Gasteiger partial charge in [0.2, 0.25) is 0 Å². The highest BCUT2D eigenvalue weighted by molar-refractivity contribution is 5.56. The van der Waals surface area contributed by atoms with E-state index in [2.05, 4.69) is 23.0 Å². The van der Waals surface area contributed by atoms with Gasteiger partial charge in [0.05, 0.1) is 16.6 Å². The molecule has 0 saturated heterocycles. The summed E-state index contributed by atoms with van der Waals surface area (Å²) in [5.41, 5.74) is 2.89. The zero-order valence-electron chi connectivity index (χ0n) is 13.1. The molecule has 0 unspecified atom stereocenters. The second-order valence-electron chi connectivity index (χ2n) is 4.91. The van der Waals surface area contributed by atoms with Crippen LogP contribution < -0.4 is 0 Å². The van der Waals surface area contributed by atoms with Crippen molar-refractivity contribution in [1.29, 1.82) is 5.26 Å². The Labute approximate surface area is 139 Å². The molecular formula is C18H16N4O2. The van der Waals surface area contributed by atoms with Gasteiger partial charge in [0.15, 0.2) is 0 Å². The van der Waals surface area contributed by atoms with Crippen molar-refractivity contribution in [3.05, 3.63) is 82.2 Å². The maximum absolute atomic E-state index is 10.4. The number of non-ortho nitro benzene ring substituents is 1. The Morgan fingerprint density at radius 3 is 2.54 bits per heavy atom. The monoisotopic (exact) mass is 320 g/mol. The van der Waals surface area contributed by atoms with Crippen LogP contribution in [0.5, 0.6) is 0 Å². The first kappa shape index (κ1) is 16.9. The Hall–Kier alpha value is -3.46.